The normalized spacial score (nSPS) is 10.9. The fourth-order valence-corrected chi connectivity index (χ4v) is 1.96. The molecule has 0 aliphatic rings. The van der Waals surface area contributed by atoms with Gasteiger partial charge in [0.2, 0.25) is 0 Å². The molecular formula is C15H26N2O. The highest BCUT2D eigenvalue weighted by Crippen LogP contribution is 2.16. The van der Waals surface area contributed by atoms with Gasteiger partial charge in [-0.15, -0.1) is 0 Å². The maximum absolute atomic E-state index is 5.78. The summed E-state index contributed by atoms with van der Waals surface area (Å²) in [4.78, 5) is 2.32. The molecule has 1 N–H and O–H groups in total. The summed E-state index contributed by atoms with van der Waals surface area (Å²) in [7, 11) is 4.13. The molecule has 0 fully saturated rings. The first-order valence-electron chi connectivity index (χ1n) is 6.66. The number of hydrogen-bond acceptors (Lipinski definition) is 3. The molecule has 0 saturated carbocycles. The molecule has 0 bridgehead atoms. The standard InChI is InChI=1S/C15H26N2O/c1-13-10-14(2)12-15(11-13)18-9-5-7-17(4)8-6-16-3/h10-12,16H,5-9H2,1-4H3. The van der Waals surface area contributed by atoms with Gasteiger partial charge in [-0.1, -0.05) is 6.07 Å². The van der Waals surface area contributed by atoms with E-state index in [1.165, 1.54) is 11.1 Å². The number of likely N-dealkylation sites (N-methyl/N-ethyl adjacent to an activating group) is 2. The van der Waals surface area contributed by atoms with E-state index >= 15 is 0 Å². The molecule has 0 radical (unpaired) electrons. The predicted octanol–water partition coefficient (Wildman–Crippen LogP) is 2.22. The van der Waals surface area contributed by atoms with Gasteiger partial charge in [0.25, 0.3) is 0 Å². The van der Waals surface area contributed by atoms with Gasteiger partial charge in [0.1, 0.15) is 5.75 Å². The molecule has 1 aromatic carbocycles. The lowest BCUT2D eigenvalue weighted by atomic mass is 10.1. The van der Waals surface area contributed by atoms with Crippen LogP contribution in [-0.2, 0) is 0 Å². The summed E-state index contributed by atoms with van der Waals surface area (Å²) >= 11 is 0. The summed E-state index contributed by atoms with van der Waals surface area (Å²) in [5.74, 6) is 0.991. The summed E-state index contributed by atoms with van der Waals surface area (Å²) < 4.78 is 5.78. The highest BCUT2D eigenvalue weighted by atomic mass is 16.5. The van der Waals surface area contributed by atoms with Crippen molar-refractivity contribution in [3.63, 3.8) is 0 Å². The second-order valence-electron chi connectivity index (χ2n) is 4.93. The van der Waals surface area contributed by atoms with E-state index in [1.54, 1.807) is 0 Å². The number of nitrogens with zero attached hydrogens (tertiary/aromatic N) is 1. The van der Waals surface area contributed by atoms with E-state index in [4.69, 9.17) is 4.74 Å². The van der Waals surface area contributed by atoms with Gasteiger partial charge in [0, 0.05) is 19.6 Å². The molecule has 1 rings (SSSR count). The second kappa shape index (κ2) is 8.11. The summed E-state index contributed by atoms with van der Waals surface area (Å²) in [6, 6.07) is 6.35. The van der Waals surface area contributed by atoms with Crippen molar-refractivity contribution in [3.05, 3.63) is 29.3 Å². The number of hydrogen-bond donors (Lipinski definition) is 1. The highest BCUT2D eigenvalue weighted by molar-refractivity contribution is 5.32. The summed E-state index contributed by atoms with van der Waals surface area (Å²) in [6.45, 7) is 8.19. The number of ether oxygens (including phenoxy) is 1. The zero-order valence-electron chi connectivity index (χ0n) is 12.1. The van der Waals surface area contributed by atoms with Crippen molar-refractivity contribution in [3.8, 4) is 5.75 Å². The van der Waals surface area contributed by atoms with Gasteiger partial charge in [-0.25, -0.2) is 0 Å². The monoisotopic (exact) mass is 250 g/mol. The second-order valence-corrected chi connectivity index (χ2v) is 4.93. The molecule has 18 heavy (non-hydrogen) atoms. The van der Waals surface area contributed by atoms with E-state index in [9.17, 15) is 0 Å². The molecule has 0 saturated heterocycles. The van der Waals surface area contributed by atoms with Gasteiger partial charge in [-0.2, -0.15) is 0 Å². The van der Waals surface area contributed by atoms with Crippen LogP contribution in [0.25, 0.3) is 0 Å². The molecule has 0 aliphatic carbocycles. The third-order valence-corrected chi connectivity index (χ3v) is 2.89. The molecule has 0 aliphatic heterocycles. The highest BCUT2D eigenvalue weighted by Gasteiger charge is 1.99. The van der Waals surface area contributed by atoms with E-state index < -0.39 is 0 Å². The first kappa shape index (κ1) is 15.0. The number of aryl methyl sites for hydroxylation is 2. The van der Waals surface area contributed by atoms with E-state index in [2.05, 4.69) is 49.3 Å². The predicted molar refractivity (Wildman–Crippen MR) is 77.5 cm³/mol. The van der Waals surface area contributed by atoms with Crippen molar-refractivity contribution in [1.29, 1.82) is 0 Å². The molecular weight excluding hydrogens is 224 g/mol. The molecule has 3 nitrogen and oxygen atoms in total. The van der Waals surface area contributed by atoms with E-state index in [0.29, 0.717) is 0 Å². The minimum absolute atomic E-state index is 0.785. The summed E-state index contributed by atoms with van der Waals surface area (Å²) in [5, 5.41) is 3.15. The quantitative estimate of drug-likeness (QED) is 0.716. The molecule has 0 spiro atoms. The molecule has 102 valence electrons. The molecule has 3 heteroatoms. The van der Waals surface area contributed by atoms with Crippen LogP contribution in [-0.4, -0.2) is 45.2 Å². The third-order valence-electron chi connectivity index (χ3n) is 2.89. The smallest absolute Gasteiger partial charge is 0.119 e. The minimum atomic E-state index is 0.785. The van der Waals surface area contributed by atoms with Crippen molar-refractivity contribution in [1.82, 2.24) is 10.2 Å². The lowest BCUT2D eigenvalue weighted by Gasteiger charge is -2.16. The Bertz CT molecular complexity index is 332. The molecule has 0 aromatic heterocycles. The maximum Gasteiger partial charge on any atom is 0.119 e. The number of nitrogens with one attached hydrogen (secondary N) is 1. The fraction of sp³-hybridized carbons (Fsp3) is 0.600. The first-order valence-corrected chi connectivity index (χ1v) is 6.66. The Labute approximate surface area is 111 Å². The fourth-order valence-electron chi connectivity index (χ4n) is 1.96. The SMILES string of the molecule is CNCCN(C)CCCOc1cc(C)cc(C)c1. The first-order chi connectivity index (χ1) is 8.61. The van der Waals surface area contributed by atoms with Crippen molar-refractivity contribution in [2.24, 2.45) is 0 Å². The van der Waals surface area contributed by atoms with Gasteiger partial charge in [0.15, 0.2) is 0 Å². The van der Waals surface area contributed by atoms with Crippen LogP contribution >= 0.6 is 0 Å². The van der Waals surface area contributed by atoms with Crippen LogP contribution in [0.15, 0.2) is 18.2 Å². The molecule has 0 amide bonds. The van der Waals surface area contributed by atoms with Crippen LogP contribution in [0.2, 0.25) is 0 Å². The summed E-state index contributed by atoms with van der Waals surface area (Å²) in [6.07, 6.45) is 1.06. The van der Waals surface area contributed by atoms with Gasteiger partial charge >= 0.3 is 0 Å². The zero-order valence-corrected chi connectivity index (χ0v) is 12.1. The van der Waals surface area contributed by atoms with E-state index in [1.807, 2.05) is 7.05 Å². The Kier molecular flexibility index (Phi) is 6.76. The van der Waals surface area contributed by atoms with Crippen molar-refractivity contribution in [2.45, 2.75) is 20.3 Å². The number of rotatable bonds is 8. The molecule has 1 aromatic rings. The average Bonchev–Trinajstić information content (AvgIpc) is 2.31. The maximum atomic E-state index is 5.78. The Balaban J connectivity index is 2.21. The number of benzene rings is 1. The van der Waals surface area contributed by atoms with Crippen molar-refractivity contribution < 1.29 is 4.74 Å². The molecule has 0 heterocycles. The van der Waals surface area contributed by atoms with Gasteiger partial charge in [-0.05, 0) is 57.6 Å². The van der Waals surface area contributed by atoms with Crippen LogP contribution in [0.5, 0.6) is 5.75 Å². The lowest BCUT2D eigenvalue weighted by Crippen LogP contribution is -2.28. The van der Waals surface area contributed by atoms with E-state index in [0.717, 1.165) is 38.4 Å². The topological polar surface area (TPSA) is 24.5 Å². The van der Waals surface area contributed by atoms with Crippen LogP contribution in [0.4, 0.5) is 0 Å². The average molecular weight is 250 g/mol. The zero-order chi connectivity index (χ0) is 13.4. The third kappa shape index (κ3) is 6.03. The lowest BCUT2D eigenvalue weighted by molar-refractivity contribution is 0.263. The van der Waals surface area contributed by atoms with Crippen LogP contribution in [0.1, 0.15) is 17.5 Å². The minimum Gasteiger partial charge on any atom is -0.494 e. The van der Waals surface area contributed by atoms with Crippen LogP contribution in [0, 0.1) is 13.8 Å². The largest absolute Gasteiger partial charge is 0.494 e. The Hall–Kier alpha value is -1.06. The van der Waals surface area contributed by atoms with Crippen molar-refractivity contribution >= 4 is 0 Å². The van der Waals surface area contributed by atoms with Gasteiger partial charge in [-0.3, -0.25) is 0 Å². The van der Waals surface area contributed by atoms with Gasteiger partial charge in [0.05, 0.1) is 6.61 Å². The van der Waals surface area contributed by atoms with Crippen molar-refractivity contribution in [2.75, 3.05) is 40.3 Å². The van der Waals surface area contributed by atoms with Gasteiger partial charge < -0.3 is 15.0 Å². The van der Waals surface area contributed by atoms with Crippen LogP contribution < -0.4 is 10.1 Å². The van der Waals surface area contributed by atoms with Crippen LogP contribution in [0.3, 0.4) is 0 Å². The molecule has 0 unspecified atom stereocenters. The Morgan fingerprint density at radius 1 is 1.11 bits per heavy atom. The summed E-state index contributed by atoms with van der Waals surface area (Å²) in [5.41, 5.74) is 2.52. The van der Waals surface area contributed by atoms with E-state index in [-0.39, 0.29) is 0 Å². The Morgan fingerprint density at radius 2 is 1.78 bits per heavy atom. The molecule has 0 atom stereocenters. The Morgan fingerprint density at radius 3 is 2.39 bits per heavy atom.